The van der Waals surface area contributed by atoms with E-state index in [0.717, 1.165) is 19.3 Å². The first-order chi connectivity index (χ1) is 12.9. The van der Waals surface area contributed by atoms with E-state index in [1.165, 1.54) is 18.5 Å². The van der Waals surface area contributed by atoms with Gasteiger partial charge in [0.25, 0.3) is 0 Å². The number of hydrogen-bond donors (Lipinski definition) is 0. The Bertz CT molecular complexity index is 975. The van der Waals surface area contributed by atoms with Crippen LogP contribution in [0.4, 0.5) is 13.2 Å². The molecule has 3 aromatic rings. The minimum absolute atomic E-state index is 0.0416. The summed E-state index contributed by atoms with van der Waals surface area (Å²) < 4.78 is 45.3. The Morgan fingerprint density at radius 2 is 1.85 bits per heavy atom. The van der Waals surface area contributed by atoms with Gasteiger partial charge in [-0.15, -0.1) is 0 Å². The summed E-state index contributed by atoms with van der Waals surface area (Å²) in [5.74, 6) is -0.271. The lowest BCUT2D eigenvalue weighted by atomic mass is 10.1. The van der Waals surface area contributed by atoms with Gasteiger partial charge >= 0.3 is 12.2 Å². The molecule has 0 atom stereocenters. The van der Waals surface area contributed by atoms with Gasteiger partial charge in [-0.3, -0.25) is 0 Å². The molecule has 0 amide bonds. The van der Waals surface area contributed by atoms with Crippen LogP contribution in [0.15, 0.2) is 30.6 Å². The van der Waals surface area contributed by atoms with Crippen molar-refractivity contribution in [3.63, 3.8) is 0 Å². The van der Waals surface area contributed by atoms with Crippen molar-refractivity contribution in [2.45, 2.75) is 31.9 Å². The average molecular weight is 395 g/mol. The van der Waals surface area contributed by atoms with Crippen molar-refractivity contribution in [2.75, 3.05) is 0 Å². The van der Waals surface area contributed by atoms with E-state index in [1.807, 2.05) is 0 Å². The van der Waals surface area contributed by atoms with Crippen LogP contribution < -0.4 is 4.74 Å². The third-order valence-corrected chi connectivity index (χ3v) is 4.49. The van der Waals surface area contributed by atoms with E-state index in [2.05, 4.69) is 19.9 Å². The van der Waals surface area contributed by atoms with Gasteiger partial charge in [0.15, 0.2) is 0 Å². The molecule has 2 heterocycles. The molecule has 9 heteroatoms. The van der Waals surface area contributed by atoms with E-state index < -0.39 is 12.0 Å². The Morgan fingerprint density at radius 3 is 2.52 bits per heavy atom. The molecule has 0 radical (unpaired) electrons. The molecule has 1 fully saturated rings. The van der Waals surface area contributed by atoms with Crippen LogP contribution >= 0.6 is 11.6 Å². The molecule has 0 saturated heterocycles. The number of halogens is 4. The Morgan fingerprint density at radius 1 is 1.11 bits per heavy atom. The number of ether oxygens (including phenoxy) is 1. The van der Waals surface area contributed by atoms with Crippen LogP contribution in [-0.4, -0.2) is 19.9 Å². The van der Waals surface area contributed by atoms with Gasteiger partial charge in [0, 0.05) is 0 Å². The lowest BCUT2D eigenvalue weighted by Crippen LogP contribution is -2.13. The van der Waals surface area contributed by atoms with Crippen LogP contribution in [0.2, 0.25) is 5.02 Å². The number of benzene rings is 1. The number of aryl methyl sites for hydroxylation is 1. The Labute approximate surface area is 157 Å². The van der Waals surface area contributed by atoms with Crippen molar-refractivity contribution >= 4 is 22.5 Å². The van der Waals surface area contributed by atoms with Crippen LogP contribution in [0.3, 0.4) is 0 Å². The maximum Gasteiger partial charge on any atom is 0.451 e. The molecular formula is C18H14ClF3N4O. The summed E-state index contributed by atoms with van der Waals surface area (Å²) in [5, 5.41) is 0.799. The average Bonchev–Trinajstić information content (AvgIpc) is 3.45. The second kappa shape index (κ2) is 6.92. The number of rotatable bonds is 5. The quantitative estimate of drug-likeness (QED) is 0.593. The number of fused-ring (bicyclic) bond motifs is 1. The van der Waals surface area contributed by atoms with E-state index in [4.69, 9.17) is 16.3 Å². The first-order valence-electron chi connectivity index (χ1n) is 8.42. The largest absolute Gasteiger partial charge is 0.451 e. The molecule has 0 N–H and O–H groups in total. The fourth-order valence-corrected chi connectivity index (χ4v) is 2.91. The highest BCUT2D eigenvalue weighted by atomic mass is 35.5. The third-order valence-electron chi connectivity index (χ3n) is 4.30. The number of nitrogens with zero attached hydrogens (tertiary/aromatic N) is 4. The molecule has 4 rings (SSSR count). The lowest BCUT2D eigenvalue weighted by Gasteiger charge is -2.13. The normalized spacial score (nSPS) is 14.5. The summed E-state index contributed by atoms with van der Waals surface area (Å²) in [4.78, 5) is 15.4. The zero-order valence-electron chi connectivity index (χ0n) is 14.0. The topological polar surface area (TPSA) is 60.8 Å². The van der Waals surface area contributed by atoms with Crippen LogP contribution in [0.5, 0.6) is 11.8 Å². The van der Waals surface area contributed by atoms with E-state index >= 15 is 0 Å². The molecule has 0 spiro atoms. The maximum atomic E-state index is 13.2. The highest BCUT2D eigenvalue weighted by Gasteiger charge is 2.36. The standard InChI is InChI=1S/C18H14ClF3N4O/c19-11-8-23-17(24-9-11)27-14-3-1-2-12-15(14)13(7-6-10-4-5-10)26-16(25-12)18(20,21)22/h1-3,8-10H,4-7H2. The summed E-state index contributed by atoms with van der Waals surface area (Å²) >= 11 is 5.76. The van der Waals surface area contributed by atoms with E-state index in [1.54, 1.807) is 12.1 Å². The maximum absolute atomic E-state index is 13.2. The summed E-state index contributed by atoms with van der Waals surface area (Å²) in [7, 11) is 0. The molecule has 0 unspecified atom stereocenters. The Balaban J connectivity index is 1.79. The third kappa shape index (κ3) is 4.10. The Kier molecular flexibility index (Phi) is 4.59. The Hall–Kier alpha value is -2.48. The van der Waals surface area contributed by atoms with Gasteiger partial charge in [0.05, 0.1) is 34.0 Å². The monoisotopic (exact) mass is 394 g/mol. The second-order valence-electron chi connectivity index (χ2n) is 6.41. The molecule has 5 nitrogen and oxygen atoms in total. The van der Waals surface area contributed by atoms with Gasteiger partial charge in [-0.1, -0.05) is 30.5 Å². The molecular weight excluding hydrogens is 381 g/mol. The minimum Gasteiger partial charge on any atom is -0.424 e. The van der Waals surface area contributed by atoms with Crippen molar-refractivity contribution in [3.05, 3.63) is 47.1 Å². The SMILES string of the molecule is FC(F)(F)c1nc(CCC2CC2)c2c(Oc3ncc(Cl)cn3)cccc2n1. The summed E-state index contributed by atoms with van der Waals surface area (Å²) in [5.41, 5.74) is 0.498. The first-order valence-corrected chi connectivity index (χ1v) is 8.80. The van der Waals surface area contributed by atoms with Crippen molar-refractivity contribution in [1.29, 1.82) is 0 Å². The smallest absolute Gasteiger partial charge is 0.424 e. The van der Waals surface area contributed by atoms with Crippen LogP contribution in [0, 0.1) is 5.92 Å². The van der Waals surface area contributed by atoms with Crippen LogP contribution in [0.25, 0.3) is 10.9 Å². The van der Waals surface area contributed by atoms with Crippen molar-refractivity contribution in [3.8, 4) is 11.8 Å². The van der Waals surface area contributed by atoms with E-state index in [-0.39, 0.29) is 11.5 Å². The minimum atomic E-state index is -4.61. The number of alkyl halides is 3. The van der Waals surface area contributed by atoms with Crippen molar-refractivity contribution in [1.82, 2.24) is 19.9 Å². The first kappa shape index (κ1) is 17.9. The highest BCUT2D eigenvalue weighted by molar-refractivity contribution is 6.30. The summed E-state index contributed by atoms with van der Waals surface area (Å²) in [6.07, 6.45) is 1.57. The molecule has 140 valence electrons. The molecule has 1 aliphatic carbocycles. The fourth-order valence-electron chi connectivity index (χ4n) is 2.82. The van der Waals surface area contributed by atoms with Gasteiger partial charge in [0.2, 0.25) is 5.82 Å². The van der Waals surface area contributed by atoms with Gasteiger partial charge in [-0.05, 0) is 30.9 Å². The molecule has 27 heavy (non-hydrogen) atoms. The van der Waals surface area contributed by atoms with Crippen LogP contribution in [-0.2, 0) is 12.6 Å². The second-order valence-corrected chi connectivity index (χ2v) is 6.85. The zero-order chi connectivity index (χ0) is 19.0. The van der Waals surface area contributed by atoms with E-state index in [0.29, 0.717) is 34.2 Å². The van der Waals surface area contributed by atoms with Gasteiger partial charge < -0.3 is 4.74 Å². The number of aromatic nitrogens is 4. The van der Waals surface area contributed by atoms with Gasteiger partial charge in [-0.25, -0.2) is 19.9 Å². The molecule has 2 aromatic heterocycles. The predicted molar refractivity (Wildman–Crippen MR) is 92.7 cm³/mol. The van der Waals surface area contributed by atoms with Gasteiger partial charge in [0.1, 0.15) is 5.75 Å². The molecule has 0 aliphatic heterocycles. The zero-order valence-corrected chi connectivity index (χ0v) is 14.8. The van der Waals surface area contributed by atoms with Crippen LogP contribution in [0.1, 0.15) is 30.8 Å². The van der Waals surface area contributed by atoms with Crippen molar-refractivity contribution < 1.29 is 17.9 Å². The summed E-state index contributed by atoms with van der Waals surface area (Å²) in [6.45, 7) is 0. The van der Waals surface area contributed by atoms with Crippen molar-refractivity contribution in [2.24, 2.45) is 5.92 Å². The summed E-state index contributed by atoms with van der Waals surface area (Å²) in [6, 6.07) is 4.77. The number of hydrogen-bond acceptors (Lipinski definition) is 5. The molecule has 0 bridgehead atoms. The molecule has 1 saturated carbocycles. The lowest BCUT2D eigenvalue weighted by molar-refractivity contribution is -0.144. The molecule has 1 aliphatic rings. The van der Waals surface area contributed by atoms with E-state index in [9.17, 15) is 13.2 Å². The predicted octanol–water partition coefficient (Wildman–Crippen LogP) is 5.23. The fraction of sp³-hybridized carbons (Fsp3) is 0.333. The van der Waals surface area contributed by atoms with Gasteiger partial charge in [-0.2, -0.15) is 13.2 Å². The molecule has 1 aromatic carbocycles. The highest BCUT2D eigenvalue weighted by Crippen LogP contribution is 2.37.